The van der Waals surface area contributed by atoms with Crippen LogP contribution in [0.25, 0.3) is 11.3 Å². The number of imidazole rings is 1. The molecule has 0 spiro atoms. The van der Waals surface area contributed by atoms with Crippen molar-refractivity contribution in [1.29, 1.82) is 0 Å². The summed E-state index contributed by atoms with van der Waals surface area (Å²) >= 11 is 1.61. The number of non-ortho nitro benzene ring substituents is 1. The van der Waals surface area contributed by atoms with Gasteiger partial charge >= 0.3 is 0 Å². The molecule has 0 aliphatic carbocycles. The molecule has 4 rings (SSSR count). The number of benzene rings is 2. The molecule has 0 unspecified atom stereocenters. The van der Waals surface area contributed by atoms with Crippen LogP contribution < -0.4 is 0 Å². The first-order chi connectivity index (χ1) is 11.7. The summed E-state index contributed by atoms with van der Waals surface area (Å²) in [5.41, 5.74) is 2.56. The third-order valence-corrected chi connectivity index (χ3v) is 4.60. The van der Waals surface area contributed by atoms with Crippen molar-refractivity contribution in [2.45, 2.75) is 5.16 Å². The highest BCUT2D eigenvalue weighted by atomic mass is 32.2. The predicted octanol–water partition coefficient (Wildman–Crippen LogP) is 4.14. The summed E-state index contributed by atoms with van der Waals surface area (Å²) in [5, 5.41) is 11.8. The molecule has 0 saturated heterocycles. The van der Waals surface area contributed by atoms with E-state index >= 15 is 0 Å². The second kappa shape index (κ2) is 5.93. The molecular weight excluding hydrogens is 324 g/mol. The molecule has 0 atom stereocenters. The van der Waals surface area contributed by atoms with Gasteiger partial charge in [0, 0.05) is 23.9 Å². The number of nitro groups is 1. The first-order valence-electron chi connectivity index (χ1n) is 7.31. The monoisotopic (exact) mass is 336 g/mol. The number of nitrogens with zero attached hydrogens (tertiary/aromatic N) is 4. The molecule has 24 heavy (non-hydrogen) atoms. The van der Waals surface area contributed by atoms with E-state index in [1.807, 2.05) is 41.1 Å². The Morgan fingerprint density at radius 1 is 1.17 bits per heavy atom. The molecule has 0 N–H and O–H groups in total. The van der Waals surface area contributed by atoms with Gasteiger partial charge in [-0.2, -0.15) is 0 Å². The second-order valence-electron chi connectivity index (χ2n) is 5.24. The quantitative estimate of drug-likeness (QED) is 0.532. The van der Waals surface area contributed by atoms with Gasteiger partial charge in [-0.3, -0.25) is 14.7 Å². The van der Waals surface area contributed by atoms with Crippen LogP contribution in [0.5, 0.6) is 0 Å². The molecule has 1 aromatic heterocycles. The van der Waals surface area contributed by atoms with Crippen LogP contribution in [0.1, 0.15) is 0 Å². The van der Waals surface area contributed by atoms with Crippen molar-refractivity contribution in [3.63, 3.8) is 0 Å². The van der Waals surface area contributed by atoms with Crippen molar-refractivity contribution in [3.05, 3.63) is 70.9 Å². The summed E-state index contributed by atoms with van der Waals surface area (Å²) < 4.78 is 1.95. The zero-order chi connectivity index (χ0) is 16.5. The van der Waals surface area contributed by atoms with E-state index in [0.29, 0.717) is 11.4 Å². The number of hydrogen-bond donors (Lipinski definition) is 0. The molecule has 0 saturated carbocycles. The Morgan fingerprint density at radius 2 is 2.00 bits per heavy atom. The second-order valence-corrected chi connectivity index (χ2v) is 6.18. The zero-order valence-corrected chi connectivity index (χ0v) is 13.3. The van der Waals surface area contributed by atoms with E-state index in [-0.39, 0.29) is 5.69 Å². The molecular formula is C17H12N4O2S. The highest BCUT2D eigenvalue weighted by Crippen LogP contribution is 2.31. The van der Waals surface area contributed by atoms with Crippen LogP contribution in [0.4, 0.5) is 11.4 Å². The summed E-state index contributed by atoms with van der Waals surface area (Å²) in [6.07, 6.45) is 1.96. The third-order valence-electron chi connectivity index (χ3n) is 3.65. The number of fused-ring (bicyclic) bond motifs is 1. The Balaban J connectivity index is 1.70. The Bertz CT molecular complexity index is 950. The van der Waals surface area contributed by atoms with Crippen molar-refractivity contribution in [1.82, 2.24) is 9.55 Å². The fourth-order valence-corrected chi connectivity index (χ4v) is 3.43. The Labute approximate surface area is 142 Å². The van der Waals surface area contributed by atoms with Crippen LogP contribution in [-0.4, -0.2) is 26.1 Å². The van der Waals surface area contributed by atoms with E-state index < -0.39 is 4.92 Å². The van der Waals surface area contributed by atoms with Gasteiger partial charge in [-0.25, -0.2) is 9.98 Å². The lowest BCUT2D eigenvalue weighted by Crippen LogP contribution is -2.07. The SMILES string of the molecule is O=[N+]([O-])c1cccc(N=C2CSc3nc(-c4ccccc4)cn32)c1. The van der Waals surface area contributed by atoms with Gasteiger partial charge in [-0.1, -0.05) is 48.2 Å². The smallest absolute Gasteiger partial charge is 0.271 e. The average molecular weight is 336 g/mol. The highest BCUT2D eigenvalue weighted by Gasteiger charge is 2.21. The van der Waals surface area contributed by atoms with Crippen LogP contribution in [0, 0.1) is 10.1 Å². The Kier molecular flexibility index (Phi) is 3.62. The summed E-state index contributed by atoms with van der Waals surface area (Å²) in [4.78, 5) is 19.7. The first kappa shape index (κ1) is 14.6. The lowest BCUT2D eigenvalue weighted by molar-refractivity contribution is -0.384. The number of aromatic nitrogens is 2. The average Bonchev–Trinajstić information content (AvgIpc) is 3.18. The molecule has 1 aliphatic heterocycles. The standard InChI is InChI=1S/C17H12N4O2S/c22-21(23)14-8-4-7-13(9-14)18-16-11-24-17-19-15(10-20(16)17)12-5-2-1-3-6-12/h1-10H,11H2. The minimum atomic E-state index is -0.413. The van der Waals surface area contributed by atoms with Gasteiger partial charge in [0.2, 0.25) is 0 Å². The van der Waals surface area contributed by atoms with E-state index in [9.17, 15) is 10.1 Å². The third kappa shape index (κ3) is 2.69. The Morgan fingerprint density at radius 3 is 2.79 bits per heavy atom. The summed E-state index contributed by atoms with van der Waals surface area (Å²) in [6.45, 7) is 0. The van der Waals surface area contributed by atoms with Crippen molar-refractivity contribution >= 4 is 29.0 Å². The largest absolute Gasteiger partial charge is 0.281 e. The van der Waals surface area contributed by atoms with Crippen LogP contribution in [0.15, 0.2) is 70.9 Å². The summed E-state index contributed by atoms with van der Waals surface area (Å²) in [7, 11) is 0. The minimum absolute atomic E-state index is 0.0401. The van der Waals surface area contributed by atoms with Gasteiger partial charge in [0.25, 0.3) is 5.69 Å². The molecule has 0 bridgehead atoms. The van der Waals surface area contributed by atoms with E-state index in [2.05, 4.69) is 9.98 Å². The van der Waals surface area contributed by atoms with E-state index in [4.69, 9.17) is 0 Å². The van der Waals surface area contributed by atoms with Gasteiger partial charge in [-0.05, 0) is 6.07 Å². The van der Waals surface area contributed by atoms with Crippen LogP contribution in [0.3, 0.4) is 0 Å². The van der Waals surface area contributed by atoms with Crippen LogP contribution >= 0.6 is 11.8 Å². The van der Waals surface area contributed by atoms with E-state index in [1.165, 1.54) is 12.1 Å². The minimum Gasteiger partial charge on any atom is -0.281 e. The molecule has 2 heterocycles. The van der Waals surface area contributed by atoms with Gasteiger partial charge in [0.1, 0.15) is 5.84 Å². The predicted molar refractivity (Wildman–Crippen MR) is 94.0 cm³/mol. The zero-order valence-electron chi connectivity index (χ0n) is 12.5. The molecule has 7 heteroatoms. The maximum atomic E-state index is 10.9. The van der Waals surface area contributed by atoms with Gasteiger partial charge < -0.3 is 0 Å². The fourth-order valence-electron chi connectivity index (χ4n) is 2.51. The van der Waals surface area contributed by atoms with Gasteiger partial charge in [-0.15, -0.1) is 0 Å². The highest BCUT2D eigenvalue weighted by molar-refractivity contribution is 8.00. The lowest BCUT2D eigenvalue weighted by Gasteiger charge is -2.00. The van der Waals surface area contributed by atoms with Crippen molar-refractivity contribution < 1.29 is 4.92 Å². The molecule has 1 aliphatic rings. The first-order valence-corrected chi connectivity index (χ1v) is 8.29. The molecule has 0 radical (unpaired) electrons. The van der Waals surface area contributed by atoms with E-state index in [0.717, 1.165) is 22.2 Å². The van der Waals surface area contributed by atoms with Gasteiger partial charge in [0.05, 0.1) is 22.1 Å². The van der Waals surface area contributed by atoms with Crippen molar-refractivity contribution in [3.8, 4) is 11.3 Å². The molecule has 118 valence electrons. The maximum absolute atomic E-state index is 10.9. The molecule has 3 aromatic rings. The number of aliphatic imine (C=N–C) groups is 1. The Hall–Kier alpha value is -2.93. The van der Waals surface area contributed by atoms with Crippen molar-refractivity contribution in [2.75, 3.05) is 5.75 Å². The fraction of sp³-hybridized carbons (Fsp3) is 0.0588. The summed E-state index contributed by atoms with van der Waals surface area (Å²) in [5.74, 6) is 1.52. The molecule has 0 fully saturated rings. The number of rotatable bonds is 3. The molecule has 6 nitrogen and oxygen atoms in total. The van der Waals surface area contributed by atoms with Crippen LogP contribution in [-0.2, 0) is 0 Å². The van der Waals surface area contributed by atoms with E-state index in [1.54, 1.807) is 23.9 Å². The van der Waals surface area contributed by atoms with Gasteiger partial charge in [0.15, 0.2) is 5.16 Å². The lowest BCUT2D eigenvalue weighted by atomic mass is 10.2. The topological polar surface area (TPSA) is 73.3 Å². The molecule has 0 amide bonds. The number of thioether (sulfide) groups is 1. The summed E-state index contributed by atoms with van der Waals surface area (Å²) in [6, 6.07) is 16.3. The van der Waals surface area contributed by atoms with Crippen molar-refractivity contribution in [2.24, 2.45) is 4.99 Å². The number of hydrogen-bond acceptors (Lipinski definition) is 5. The number of nitro benzene ring substituents is 1. The maximum Gasteiger partial charge on any atom is 0.271 e. The van der Waals surface area contributed by atoms with Crippen LogP contribution in [0.2, 0.25) is 0 Å². The normalized spacial score (nSPS) is 14.8. The molecule has 2 aromatic carbocycles.